The van der Waals surface area contributed by atoms with Crippen molar-refractivity contribution in [2.75, 3.05) is 7.11 Å². The molecule has 0 saturated heterocycles. The fraction of sp³-hybridized carbons (Fsp3) is 0.100. The van der Waals surface area contributed by atoms with Crippen molar-refractivity contribution in [1.82, 2.24) is 9.78 Å². The highest BCUT2D eigenvalue weighted by Crippen LogP contribution is 2.18. The van der Waals surface area contributed by atoms with Crippen LogP contribution in [0, 0.1) is 0 Å². The largest absolute Gasteiger partial charge is 0.496 e. The summed E-state index contributed by atoms with van der Waals surface area (Å²) in [5, 5.41) is 4.17. The lowest BCUT2D eigenvalue weighted by atomic mass is 10.2. The second-order valence-corrected chi connectivity index (χ2v) is 5.30. The number of hydrogen-bond donors (Lipinski definition) is 0. The topological polar surface area (TPSA) is 53.4 Å². The minimum absolute atomic E-state index is 0.217. The van der Waals surface area contributed by atoms with E-state index in [9.17, 15) is 4.79 Å². The first-order valence-electron chi connectivity index (χ1n) is 7.83. The predicted octanol–water partition coefficient (Wildman–Crippen LogP) is 3.64. The molecule has 0 radical (unpaired) electrons. The van der Waals surface area contributed by atoms with Crippen molar-refractivity contribution < 1.29 is 14.3 Å². The van der Waals surface area contributed by atoms with E-state index in [1.165, 1.54) is 6.08 Å². The number of esters is 1. The Labute approximate surface area is 146 Å². The summed E-state index contributed by atoms with van der Waals surface area (Å²) in [6, 6.07) is 17.0. The molecule has 0 spiro atoms. The summed E-state index contributed by atoms with van der Waals surface area (Å²) < 4.78 is 12.3. The number of carbonyl (C=O) groups excluding carboxylic acids is 1. The molecule has 0 saturated carbocycles. The molecule has 1 heterocycles. The Bertz CT molecular complexity index is 853. The van der Waals surface area contributed by atoms with E-state index in [0.29, 0.717) is 5.75 Å². The van der Waals surface area contributed by atoms with Crippen LogP contribution in [0.2, 0.25) is 0 Å². The molecule has 3 rings (SSSR count). The number of methoxy groups -OCH3 is 1. The first-order valence-corrected chi connectivity index (χ1v) is 7.83. The quantitative estimate of drug-likeness (QED) is 0.510. The van der Waals surface area contributed by atoms with Gasteiger partial charge in [0.1, 0.15) is 12.4 Å². The van der Waals surface area contributed by atoms with Gasteiger partial charge in [-0.2, -0.15) is 5.10 Å². The van der Waals surface area contributed by atoms with Crippen LogP contribution in [-0.4, -0.2) is 22.9 Å². The molecule has 5 heteroatoms. The van der Waals surface area contributed by atoms with E-state index in [-0.39, 0.29) is 6.61 Å². The van der Waals surface area contributed by atoms with Crippen LogP contribution in [0.1, 0.15) is 11.1 Å². The molecule has 0 N–H and O–H groups in total. The monoisotopic (exact) mass is 334 g/mol. The second-order valence-electron chi connectivity index (χ2n) is 5.30. The molecular formula is C20H18N2O3. The van der Waals surface area contributed by atoms with E-state index in [4.69, 9.17) is 9.47 Å². The van der Waals surface area contributed by atoms with Crippen LogP contribution in [-0.2, 0) is 16.1 Å². The highest BCUT2D eigenvalue weighted by atomic mass is 16.5. The van der Waals surface area contributed by atoms with Gasteiger partial charge in [-0.1, -0.05) is 30.3 Å². The Hall–Kier alpha value is -3.34. The van der Waals surface area contributed by atoms with Crippen molar-refractivity contribution in [2.45, 2.75) is 6.61 Å². The third-order valence-electron chi connectivity index (χ3n) is 3.62. The SMILES string of the molecule is COc1ccccc1/C=C/C(=O)OCc1ccc(-n2cccn2)cc1. The molecule has 5 nitrogen and oxygen atoms in total. The van der Waals surface area contributed by atoms with E-state index < -0.39 is 5.97 Å². The lowest BCUT2D eigenvalue weighted by molar-refractivity contribution is -0.138. The molecular weight excluding hydrogens is 316 g/mol. The van der Waals surface area contributed by atoms with Crippen molar-refractivity contribution in [3.8, 4) is 11.4 Å². The standard InChI is InChI=1S/C20H18N2O3/c1-24-19-6-3-2-5-17(19)9-12-20(23)25-15-16-7-10-18(11-8-16)22-14-4-13-21-22/h2-14H,15H2,1H3/b12-9+. The Kier molecular flexibility index (Phi) is 5.26. The molecule has 126 valence electrons. The van der Waals surface area contributed by atoms with Gasteiger partial charge in [0.2, 0.25) is 0 Å². The lowest BCUT2D eigenvalue weighted by Gasteiger charge is -2.05. The summed E-state index contributed by atoms with van der Waals surface area (Å²) >= 11 is 0. The van der Waals surface area contributed by atoms with Gasteiger partial charge in [0.05, 0.1) is 12.8 Å². The van der Waals surface area contributed by atoms with Gasteiger partial charge in [-0.05, 0) is 35.9 Å². The Morgan fingerprint density at radius 3 is 2.64 bits per heavy atom. The predicted molar refractivity (Wildman–Crippen MR) is 95.4 cm³/mol. The summed E-state index contributed by atoms with van der Waals surface area (Å²) in [5.74, 6) is 0.308. The third-order valence-corrected chi connectivity index (χ3v) is 3.62. The summed E-state index contributed by atoms with van der Waals surface area (Å²) in [4.78, 5) is 11.9. The first-order chi connectivity index (χ1) is 12.3. The number of rotatable bonds is 6. The minimum Gasteiger partial charge on any atom is -0.496 e. The highest BCUT2D eigenvalue weighted by molar-refractivity contribution is 5.87. The molecule has 25 heavy (non-hydrogen) atoms. The van der Waals surface area contributed by atoms with E-state index in [0.717, 1.165) is 16.8 Å². The number of benzene rings is 2. The second kappa shape index (κ2) is 7.97. The van der Waals surface area contributed by atoms with E-state index in [1.54, 1.807) is 24.1 Å². The summed E-state index contributed by atoms with van der Waals surface area (Å²) in [7, 11) is 1.60. The van der Waals surface area contributed by atoms with Gasteiger partial charge >= 0.3 is 5.97 Å². The number of para-hydroxylation sites is 1. The van der Waals surface area contributed by atoms with Crippen LogP contribution < -0.4 is 4.74 Å². The number of aromatic nitrogens is 2. The van der Waals surface area contributed by atoms with Crippen LogP contribution in [0.5, 0.6) is 5.75 Å². The number of hydrogen-bond acceptors (Lipinski definition) is 4. The maximum Gasteiger partial charge on any atom is 0.331 e. The van der Waals surface area contributed by atoms with Gasteiger partial charge in [-0.15, -0.1) is 0 Å². The smallest absolute Gasteiger partial charge is 0.331 e. The zero-order valence-electron chi connectivity index (χ0n) is 13.8. The van der Waals surface area contributed by atoms with Crippen molar-refractivity contribution in [3.63, 3.8) is 0 Å². The van der Waals surface area contributed by atoms with Gasteiger partial charge in [-0.25, -0.2) is 9.48 Å². The van der Waals surface area contributed by atoms with Gasteiger partial charge in [0.15, 0.2) is 0 Å². The Morgan fingerprint density at radius 1 is 1.12 bits per heavy atom. The molecule has 0 aliphatic carbocycles. The highest BCUT2D eigenvalue weighted by Gasteiger charge is 2.02. The fourth-order valence-electron chi connectivity index (χ4n) is 2.33. The molecule has 0 aliphatic rings. The van der Waals surface area contributed by atoms with Crippen molar-refractivity contribution in [2.24, 2.45) is 0 Å². The molecule has 0 bridgehead atoms. The molecule has 0 fully saturated rings. The van der Waals surface area contributed by atoms with E-state index in [1.807, 2.05) is 60.8 Å². The zero-order chi connectivity index (χ0) is 17.5. The Balaban J connectivity index is 1.56. The molecule has 0 atom stereocenters. The van der Waals surface area contributed by atoms with Crippen LogP contribution in [0.4, 0.5) is 0 Å². The van der Waals surface area contributed by atoms with Crippen molar-refractivity contribution in [3.05, 3.63) is 84.2 Å². The van der Waals surface area contributed by atoms with Gasteiger partial charge < -0.3 is 9.47 Å². The molecule has 2 aromatic carbocycles. The molecule has 0 aliphatic heterocycles. The maximum atomic E-state index is 11.9. The average Bonchev–Trinajstić information content (AvgIpc) is 3.20. The van der Waals surface area contributed by atoms with Gasteiger partial charge in [-0.3, -0.25) is 0 Å². The zero-order valence-corrected chi connectivity index (χ0v) is 13.8. The maximum absolute atomic E-state index is 11.9. The average molecular weight is 334 g/mol. The third kappa shape index (κ3) is 4.35. The normalized spacial score (nSPS) is 10.8. The molecule has 0 unspecified atom stereocenters. The number of nitrogens with zero attached hydrogens (tertiary/aromatic N) is 2. The lowest BCUT2D eigenvalue weighted by Crippen LogP contribution is -2.01. The molecule has 0 amide bonds. The summed E-state index contributed by atoms with van der Waals surface area (Å²) in [5.41, 5.74) is 2.69. The van der Waals surface area contributed by atoms with Crippen LogP contribution in [0.3, 0.4) is 0 Å². The first kappa shape index (κ1) is 16.5. The van der Waals surface area contributed by atoms with Gasteiger partial charge in [0, 0.05) is 24.0 Å². The molecule has 1 aromatic heterocycles. The van der Waals surface area contributed by atoms with E-state index in [2.05, 4.69) is 5.10 Å². The number of carbonyl (C=O) groups is 1. The fourth-order valence-corrected chi connectivity index (χ4v) is 2.33. The summed E-state index contributed by atoms with van der Waals surface area (Å²) in [6.07, 6.45) is 6.68. The van der Waals surface area contributed by atoms with Crippen LogP contribution >= 0.6 is 0 Å². The van der Waals surface area contributed by atoms with Gasteiger partial charge in [0.25, 0.3) is 0 Å². The van der Waals surface area contributed by atoms with Crippen LogP contribution in [0.15, 0.2) is 73.1 Å². The van der Waals surface area contributed by atoms with E-state index >= 15 is 0 Å². The number of ether oxygens (including phenoxy) is 2. The van der Waals surface area contributed by atoms with Crippen molar-refractivity contribution >= 4 is 12.0 Å². The van der Waals surface area contributed by atoms with Crippen LogP contribution in [0.25, 0.3) is 11.8 Å². The summed E-state index contributed by atoms with van der Waals surface area (Å²) in [6.45, 7) is 0.217. The Morgan fingerprint density at radius 2 is 1.92 bits per heavy atom. The minimum atomic E-state index is -0.401. The van der Waals surface area contributed by atoms with Crippen molar-refractivity contribution in [1.29, 1.82) is 0 Å². The molecule has 3 aromatic rings.